The molecule has 6 heteroatoms. The zero-order chi connectivity index (χ0) is 15.3. The van der Waals surface area contributed by atoms with Crippen LogP contribution in [0.1, 0.15) is 57.2 Å². The molecular formula is C15H26N2O2S2. The molecule has 1 aliphatic carbocycles. The maximum Gasteiger partial charge on any atom is 0.241 e. The lowest BCUT2D eigenvalue weighted by Gasteiger charge is -2.15. The van der Waals surface area contributed by atoms with Crippen LogP contribution in [-0.2, 0) is 16.6 Å². The first-order valence-electron chi connectivity index (χ1n) is 7.80. The van der Waals surface area contributed by atoms with Crippen molar-refractivity contribution in [2.24, 2.45) is 0 Å². The highest BCUT2D eigenvalue weighted by Gasteiger charge is 2.22. The molecule has 0 amide bonds. The van der Waals surface area contributed by atoms with Crippen molar-refractivity contribution in [3.8, 4) is 0 Å². The fraction of sp³-hybridized carbons (Fsp3) is 0.733. The van der Waals surface area contributed by atoms with Crippen molar-refractivity contribution in [1.29, 1.82) is 0 Å². The van der Waals surface area contributed by atoms with Gasteiger partial charge in [-0.15, -0.1) is 11.3 Å². The molecule has 0 unspecified atom stereocenters. The summed E-state index contributed by atoms with van der Waals surface area (Å²) in [7, 11) is -3.36. The number of rotatable bonds is 6. The third-order valence-corrected chi connectivity index (χ3v) is 6.39. The number of thiophene rings is 1. The number of nitrogens with one attached hydrogen (secondary N) is 2. The lowest BCUT2D eigenvalue weighted by Crippen LogP contribution is -2.34. The van der Waals surface area contributed by atoms with Crippen molar-refractivity contribution in [3.63, 3.8) is 0 Å². The van der Waals surface area contributed by atoms with Gasteiger partial charge >= 0.3 is 0 Å². The molecule has 1 fully saturated rings. The predicted molar refractivity (Wildman–Crippen MR) is 88.1 cm³/mol. The first-order chi connectivity index (χ1) is 9.97. The summed E-state index contributed by atoms with van der Waals surface area (Å²) in [6.07, 6.45) is 6.63. The highest BCUT2D eigenvalue weighted by atomic mass is 32.2. The van der Waals surface area contributed by atoms with Crippen LogP contribution < -0.4 is 10.0 Å². The molecule has 1 aliphatic rings. The largest absolute Gasteiger partial charge is 0.310 e. The first kappa shape index (κ1) is 16.9. The Morgan fingerprint density at radius 2 is 1.90 bits per heavy atom. The van der Waals surface area contributed by atoms with Gasteiger partial charge in [-0.1, -0.05) is 39.5 Å². The molecule has 0 bridgehead atoms. The summed E-state index contributed by atoms with van der Waals surface area (Å²) in [5.74, 6) is 0. The summed E-state index contributed by atoms with van der Waals surface area (Å²) in [4.78, 5) is 1.47. The molecule has 0 aromatic carbocycles. The molecule has 1 saturated carbocycles. The second-order valence-corrected chi connectivity index (χ2v) is 8.80. The minimum atomic E-state index is -3.36. The maximum absolute atomic E-state index is 12.4. The summed E-state index contributed by atoms with van der Waals surface area (Å²) in [5.41, 5.74) is 0. The summed E-state index contributed by atoms with van der Waals surface area (Å²) in [5, 5.41) is 5.06. The van der Waals surface area contributed by atoms with E-state index in [-0.39, 0.29) is 6.04 Å². The highest BCUT2D eigenvalue weighted by Crippen LogP contribution is 2.22. The molecular weight excluding hydrogens is 304 g/mol. The molecule has 2 rings (SSSR count). The zero-order valence-electron chi connectivity index (χ0n) is 12.9. The van der Waals surface area contributed by atoms with E-state index in [4.69, 9.17) is 0 Å². The molecule has 21 heavy (non-hydrogen) atoms. The van der Waals surface area contributed by atoms with Crippen LogP contribution in [0.3, 0.4) is 0 Å². The second-order valence-electron chi connectivity index (χ2n) is 6.09. The number of sulfonamides is 1. The summed E-state index contributed by atoms with van der Waals surface area (Å²) in [6, 6.07) is 2.30. The molecule has 0 aliphatic heterocycles. The van der Waals surface area contributed by atoms with Gasteiger partial charge in [0.15, 0.2) is 0 Å². The Bertz CT molecular complexity index is 530. The molecule has 0 atom stereocenters. The van der Waals surface area contributed by atoms with Gasteiger partial charge in [0.1, 0.15) is 0 Å². The average molecular weight is 331 g/mol. The molecule has 0 radical (unpaired) electrons. The molecule has 1 aromatic heterocycles. The van der Waals surface area contributed by atoms with Gasteiger partial charge in [-0.3, -0.25) is 0 Å². The molecule has 0 saturated heterocycles. The van der Waals surface area contributed by atoms with Crippen LogP contribution in [0.15, 0.2) is 16.3 Å². The van der Waals surface area contributed by atoms with Gasteiger partial charge < -0.3 is 5.32 Å². The van der Waals surface area contributed by atoms with E-state index < -0.39 is 10.0 Å². The zero-order valence-corrected chi connectivity index (χ0v) is 14.5. The first-order valence-corrected chi connectivity index (χ1v) is 10.2. The minimum Gasteiger partial charge on any atom is -0.310 e. The van der Waals surface area contributed by atoms with Crippen molar-refractivity contribution < 1.29 is 8.42 Å². The molecule has 120 valence electrons. The van der Waals surface area contributed by atoms with Gasteiger partial charge in [-0.25, -0.2) is 13.1 Å². The van der Waals surface area contributed by atoms with Gasteiger partial charge in [0, 0.05) is 28.9 Å². The van der Waals surface area contributed by atoms with Crippen molar-refractivity contribution in [3.05, 3.63) is 16.3 Å². The van der Waals surface area contributed by atoms with E-state index >= 15 is 0 Å². The summed E-state index contributed by atoms with van der Waals surface area (Å²) < 4.78 is 27.8. The fourth-order valence-electron chi connectivity index (χ4n) is 2.58. The van der Waals surface area contributed by atoms with Crippen LogP contribution in [0.2, 0.25) is 0 Å². The minimum absolute atomic E-state index is 0.106. The normalized spacial score (nSPS) is 18.0. The van der Waals surface area contributed by atoms with Gasteiger partial charge in [-0.05, 0) is 18.9 Å². The second kappa shape index (κ2) is 7.72. The predicted octanol–water partition coefficient (Wildman–Crippen LogP) is 3.25. The lowest BCUT2D eigenvalue weighted by molar-refractivity contribution is 0.510. The Balaban J connectivity index is 1.98. The number of hydrogen-bond donors (Lipinski definition) is 2. The quantitative estimate of drug-likeness (QED) is 0.787. The Kier molecular flexibility index (Phi) is 6.22. The van der Waals surface area contributed by atoms with E-state index in [1.807, 2.05) is 0 Å². The standard InChI is InChI=1S/C15H26N2O2S2/c1-12(2)16-10-14-9-15(11-20-14)21(18,19)17-13-7-5-3-4-6-8-13/h9,11-13,16-17H,3-8,10H2,1-2H3. The summed E-state index contributed by atoms with van der Waals surface area (Å²) in [6.45, 7) is 4.89. The third kappa shape index (κ3) is 5.36. The molecule has 0 spiro atoms. The van der Waals surface area contributed by atoms with Crippen LogP contribution in [0.4, 0.5) is 0 Å². The molecule has 2 N–H and O–H groups in total. The monoisotopic (exact) mass is 330 g/mol. The molecule has 4 nitrogen and oxygen atoms in total. The van der Waals surface area contributed by atoms with E-state index in [0.29, 0.717) is 10.9 Å². The Labute approximate surface area is 132 Å². The van der Waals surface area contributed by atoms with E-state index in [0.717, 1.165) is 37.1 Å². The highest BCUT2D eigenvalue weighted by molar-refractivity contribution is 7.89. The van der Waals surface area contributed by atoms with Crippen molar-refractivity contribution >= 4 is 21.4 Å². The van der Waals surface area contributed by atoms with Crippen LogP contribution >= 0.6 is 11.3 Å². The SMILES string of the molecule is CC(C)NCc1cc(S(=O)(=O)NC2CCCCCC2)cs1. The van der Waals surface area contributed by atoms with Gasteiger partial charge in [0.05, 0.1) is 4.90 Å². The molecule has 1 aromatic rings. The fourth-order valence-corrected chi connectivity index (χ4v) is 5.11. The Hall–Kier alpha value is -0.430. The van der Waals surface area contributed by atoms with E-state index in [1.54, 1.807) is 11.4 Å². The maximum atomic E-state index is 12.4. The Morgan fingerprint density at radius 3 is 2.52 bits per heavy atom. The van der Waals surface area contributed by atoms with Crippen molar-refractivity contribution in [2.75, 3.05) is 0 Å². The Morgan fingerprint density at radius 1 is 1.24 bits per heavy atom. The van der Waals surface area contributed by atoms with E-state index in [2.05, 4.69) is 23.9 Å². The van der Waals surface area contributed by atoms with Gasteiger partial charge in [0.25, 0.3) is 0 Å². The van der Waals surface area contributed by atoms with Crippen LogP contribution in [0, 0.1) is 0 Å². The van der Waals surface area contributed by atoms with Crippen LogP contribution in [0.25, 0.3) is 0 Å². The topological polar surface area (TPSA) is 58.2 Å². The van der Waals surface area contributed by atoms with Crippen LogP contribution in [-0.4, -0.2) is 20.5 Å². The average Bonchev–Trinajstić information content (AvgIpc) is 2.76. The van der Waals surface area contributed by atoms with Crippen LogP contribution in [0.5, 0.6) is 0 Å². The third-order valence-electron chi connectivity index (χ3n) is 3.80. The van der Waals surface area contributed by atoms with E-state index in [1.165, 1.54) is 24.2 Å². The van der Waals surface area contributed by atoms with Gasteiger partial charge in [-0.2, -0.15) is 0 Å². The van der Waals surface area contributed by atoms with Gasteiger partial charge in [0.2, 0.25) is 10.0 Å². The van der Waals surface area contributed by atoms with Crippen molar-refractivity contribution in [1.82, 2.24) is 10.0 Å². The summed E-state index contributed by atoms with van der Waals surface area (Å²) >= 11 is 1.50. The molecule has 1 heterocycles. The number of hydrogen-bond acceptors (Lipinski definition) is 4. The van der Waals surface area contributed by atoms with E-state index in [9.17, 15) is 8.42 Å². The lowest BCUT2D eigenvalue weighted by atomic mass is 10.1. The smallest absolute Gasteiger partial charge is 0.241 e. The van der Waals surface area contributed by atoms with Crippen molar-refractivity contribution in [2.45, 2.75) is 75.9 Å².